The second-order valence-corrected chi connectivity index (χ2v) is 6.16. The van der Waals surface area contributed by atoms with E-state index in [4.69, 9.17) is 11.6 Å². The fourth-order valence-electron chi connectivity index (χ4n) is 2.72. The predicted molar refractivity (Wildman–Crippen MR) is 74.6 cm³/mol. The van der Waals surface area contributed by atoms with Crippen LogP contribution < -0.4 is 5.32 Å². The number of nitrogens with one attached hydrogen (secondary N) is 1. The van der Waals surface area contributed by atoms with E-state index in [1.165, 1.54) is 6.07 Å². The molecule has 0 radical (unpaired) electrons. The van der Waals surface area contributed by atoms with Crippen molar-refractivity contribution in [1.82, 2.24) is 5.32 Å². The molecule has 0 atom stereocenters. The van der Waals surface area contributed by atoms with Crippen molar-refractivity contribution in [3.8, 4) is 0 Å². The summed E-state index contributed by atoms with van der Waals surface area (Å²) in [6.45, 7) is 6.15. The lowest BCUT2D eigenvalue weighted by atomic mass is 9.64. The molecular weight excluding hydrogens is 249 g/mol. The first kappa shape index (κ1) is 13.8. The minimum absolute atomic E-state index is 0.0860. The Hall–Kier alpha value is -0.600. The highest BCUT2D eigenvalue weighted by Gasteiger charge is 2.41. The third kappa shape index (κ3) is 2.70. The average molecular weight is 270 g/mol. The van der Waals surface area contributed by atoms with Gasteiger partial charge in [-0.15, -0.1) is 0 Å². The molecule has 18 heavy (non-hydrogen) atoms. The number of halogens is 2. The predicted octanol–water partition coefficient (Wildman–Crippen LogP) is 4.15. The summed E-state index contributed by atoms with van der Waals surface area (Å²) in [5.41, 5.74) is 0.631. The van der Waals surface area contributed by atoms with Crippen LogP contribution in [0.4, 0.5) is 4.39 Å². The first-order chi connectivity index (χ1) is 8.55. The summed E-state index contributed by atoms with van der Waals surface area (Å²) in [6, 6.07) is 4.99. The maximum atomic E-state index is 14.0. The van der Waals surface area contributed by atoms with Gasteiger partial charge in [0.2, 0.25) is 0 Å². The van der Waals surface area contributed by atoms with Crippen LogP contribution in [0.5, 0.6) is 0 Å². The Kier molecular flexibility index (Phi) is 4.29. The van der Waals surface area contributed by atoms with Gasteiger partial charge >= 0.3 is 0 Å². The number of hydrogen-bond acceptors (Lipinski definition) is 1. The molecule has 1 saturated carbocycles. The zero-order valence-corrected chi connectivity index (χ0v) is 11.9. The zero-order chi connectivity index (χ0) is 13.2. The number of hydrogen-bond donors (Lipinski definition) is 1. The lowest BCUT2D eigenvalue weighted by Crippen LogP contribution is -2.45. The molecule has 0 amide bonds. The van der Waals surface area contributed by atoms with E-state index in [0.717, 1.165) is 32.4 Å². The van der Waals surface area contributed by atoms with Gasteiger partial charge in [-0.1, -0.05) is 37.9 Å². The molecule has 0 aromatic heterocycles. The van der Waals surface area contributed by atoms with Crippen LogP contribution >= 0.6 is 11.6 Å². The summed E-state index contributed by atoms with van der Waals surface area (Å²) in [5, 5.41) is 4.03. The summed E-state index contributed by atoms with van der Waals surface area (Å²) in [6.07, 6.45) is 3.21. The van der Waals surface area contributed by atoms with Crippen LogP contribution in [0.3, 0.4) is 0 Å². The van der Waals surface area contributed by atoms with Crippen LogP contribution in [0.1, 0.15) is 38.7 Å². The molecule has 1 N–H and O–H groups in total. The zero-order valence-electron chi connectivity index (χ0n) is 11.1. The van der Waals surface area contributed by atoms with Gasteiger partial charge in [0.05, 0.1) is 0 Å². The summed E-state index contributed by atoms with van der Waals surface area (Å²) in [7, 11) is 0. The highest BCUT2D eigenvalue weighted by atomic mass is 35.5. The lowest BCUT2D eigenvalue weighted by molar-refractivity contribution is 0.224. The third-order valence-electron chi connectivity index (χ3n) is 3.82. The van der Waals surface area contributed by atoms with Crippen LogP contribution in [0.25, 0.3) is 0 Å². The standard InChI is InChI=1S/C15H21ClFN/c1-11(2)9-18-10-15(7-4-8-15)14-12(16)5-3-6-13(14)17/h3,5-6,11,18H,4,7-10H2,1-2H3. The molecule has 0 unspecified atom stereocenters. The molecule has 2 rings (SSSR count). The quantitative estimate of drug-likeness (QED) is 0.847. The molecule has 100 valence electrons. The van der Waals surface area contributed by atoms with E-state index in [1.54, 1.807) is 12.1 Å². The number of benzene rings is 1. The molecule has 1 aromatic rings. The molecule has 1 fully saturated rings. The van der Waals surface area contributed by atoms with Crippen LogP contribution in [-0.4, -0.2) is 13.1 Å². The normalized spacial score (nSPS) is 17.8. The van der Waals surface area contributed by atoms with Crippen LogP contribution in [0, 0.1) is 11.7 Å². The van der Waals surface area contributed by atoms with Crippen LogP contribution in [-0.2, 0) is 5.41 Å². The highest BCUT2D eigenvalue weighted by Crippen LogP contribution is 2.46. The fourth-order valence-corrected chi connectivity index (χ4v) is 3.09. The van der Waals surface area contributed by atoms with Gasteiger partial charge in [0.1, 0.15) is 5.82 Å². The van der Waals surface area contributed by atoms with Gasteiger partial charge < -0.3 is 5.32 Å². The first-order valence-electron chi connectivity index (χ1n) is 6.70. The Balaban J connectivity index is 2.16. The average Bonchev–Trinajstić information content (AvgIpc) is 2.23. The molecule has 0 spiro atoms. The highest BCUT2D eigenvalue weighted by molar-refractivity contribution is 6.31. The Morgan fingerprint density at radius 2 is 2.11 bits per heavy atom. The van der Waals surface area contributed by atoms with E-state index in [9.17, 15) is 4.39 Å². The van der Waals surface area contributed by atoms with E-state index in [1.807, 2.05) is 0 Å². The molecule has 1 aliphatic rings. The molecule has 1 aliphatic carbocycles. The Morgan fingerprint density at radius 3 is 2.61 bits per heavy atom. The van der Waals surface area contributed by atoms with Crippen molar-refractivity contribution >= 4 is 11.6 Å². The van der Waals surface area contributed by atoms with E-state index < -0.39 is 0 Å². The minimum Gasteiger partial charge on any atom is -0.316 e. The first-order valence-corrected chi connectivity index (χ1v) is 7.08. The van der Waals surface area contributed by atoms with Crippen molar-refractivity contribution in [2.75, 3.05) is 13.1 Å². The summed E-state index contributed by atoms with van der Waals surface area (Å²) in [4.78, 5) is 0. The van der Waals surface area contributed by atoms with Gasteiger partial charge in [-0.2, -0.15) is 0 Å². The van der Waals surface area contributed by atoms with Gasteiger partial charge in [0.15, 0.2) is 0 Å². The van der Waals surface area contributed by atoms with E-state index >= 15 is 0 Å². The van der Waals surface area contributed by atoms with E-state index in [2.05, 4.69) is 19.2 Å². The van der Waals surface area contributed by atoms with E-state index in [-0.39, 0.29) is 11.2 Å². The SMILES string of the molecule is CC(C)CNCC1(c2c(F)cccc2Cl)CCC1. The van der Waals surface area contributed by atoms with Crippen molar-refractivity contribution in [2.24, 2.45) is 5.92 Å². The fraction of sp³-hybridized carbons (Fsp3) is 0.600. The topological polar surface area (TPSA) is 12.0 Å². The van der Waals surface area contributed by atoms with Crippen LogP contribution in [0.2, 0.25) is 5.02 Å². The largest absolute Gasteiger partial charge is 0.316 e. The Morgan fingerprint density at radius 1 is 1.39 bits per heavy atom. The van der Waals surface area contributed by atoms with Gasteiger partial charge in [0, 0.05) is 22.5 Å². The second-order valence-electron chi connectivity index (χ2n) is 5.76. The van der Waals surface area contributed by atoms with Crippen molar-refractivity contribution in [2.45, 2.75) is 38.5 Å². The van der Waals surface area contributed by atoms with Crippen molar-refractivity contribution < 1.29 is 4.39 Å². The molecule has 1 aromatic carbocycles. The second kappa shape index (κ2) is 5.58. The number of rotatable bonds is 5. The monoisotopic (exact) mass is 269 g/mol. The lowest BCUT2D eigenvalue weighted by Gasteiger charge is -2.43. The van der Waals surface area contributed by atoms with Crippen molar-refractivity contribution in [3.05, 3.63) is 34.6 Å². The molecule has 1 nitrogen and oxygen atoms in total. The van der Waals surface area contributed by atoms with Gasteiger partial charge in [0.25, 0.3) is 0 Å². The summed E-state index contributed by atoms with van der Waals surface area (Å²) < 4.78 is 14.0. The minimum atomic E-state index is -0.159. The molecule has 0 heterocycles. The molecule has 3 heteroatoms. The van der Waals surface area contributed by atoms with Crippen LogP contribution in [0.15, 0.2) is 18.2 Å². The summed E-state index contributed by atoms with van der Waals surface area (Å²) in [5.74, 6) is 0.451. The molecule has 0 aliphatic heterocycles. The Labute approximate surface area is 114 Å². The van der Waals surface area contributed by atoms with Gasteiger partial charge in [-0.25, -0.2) is 4.39 Å². The molecule has 0 bridgehead atoms. The third-order valence-corrected chi connectivity index (χ3v) is 4.13. The van der Waals surface area contributed by atoms with Gasteiger partial charge in [-0.3, -0.25) is 0 Å². The van der Waals surface area contributed by atoms with Crippen molar-refractivity contribution in [1.29, 1.82) is 0 Å². The smallest absolute Gasteiger partial charge is 0.128 e. The molecule has 0 saturated heterocycles. The summed E-state index contributed by atoms with van der Waals surface area (Å²) >= 11 is 6.20. The maximum Gasteiger partial charge on any atom is 0.128 e. The van der Waals surface area contributed by atoms with E-state index in [0.29, 0.717) is 16.5 Å². The molecular formula is C15H21ClFN. The maximum absolute atomic E-state index is 14.0. The van der Waals surface area contributed by atoms with Crippen molar-refractivity contribution in [3.63, 3.8) is 0 Å². The Bertz CT molecular complexity index is 393. The van der Waals surface area contributed by atoms with Gasteiger partial charge in [-0.05, 0) is 37.4 Å².